The number of rotatable bonds is 5. The number of aromatic nitrogens is 2. The average Bonchev–Trinajstić information content (AvgIpc) is 2.82. The lowest BCUT2D eigenvalue weighted by atomic mass is 10.1. The molecule has 1 aliphatic rings. The maximum Gasteiger partial charge on any atom is 0.187 e. The van der Waals surface area contributed by atoms with Crippen LogP contribution >= 0.6 is 11.8 Å². The Bertz CT molecular complexity index is 307. The van der Waals surface area contributed by atoms with Gasteiger partial charge in [-0.05, 0) is 25.8 Å². The van der Waals surface area contributed by atoms with Crippen LogP contribution in [0.4, 0.5) is 0 Å². The largest absolute Gasteiger partial charge is 0.316 e. The van der Waals surface area contributed by atoms with Crippen molar-refractivity contribution in [3.8, 4) is 0 Å². The van der Waals surface area contributed by atoms with E-state index in [0.717, 1.165) is 23.2 Å². The first-order valence-electron chi connectivity index (χ1n) is 5.97. The summed E-state index contributed by atoms with van der Waals surface area (Å²) in [5.74, 6) is 2.08. The van der Waals surface area contributed by atoms with E-state index >= 15 is 0 Å². The first kappa shape index (κ1) is 11.9. The Hall–Kier alpha value is -0.610. The van der Waals surface area contributed by atoms with Crippen LogP contribution in [-0.4, -0.2) is 22.8 Å². The van der Waals surface area contributed by atoms with Crippen LogP contribution in [0, 0.1) is 5.92 Å². The molecule has 1 saturated carbocycles. The molecule has 0 atom stereocenters. The minimum absolute atomic E-state index is 0.841. The minimum Gasteiger partial charge on any atom is -0.316 e. The fourth-order valence-corrected chi connectivity index (χ4v) is 3.05. The van der Waals surface area contributed by atoms with Crippen LogP contribution in [-0.2, 0) is 6.54 Å². The number of hydrogen-bond donors (Lipinski definition) is 1. The maximum atomic E-state index is 4.37. The van der Waals surface area contributed by atoms with Crippen LogP contribution in [0.1, 0.15) is 31.2 Å². The quantitative estimate of drug-likeness (QED) is 0.630. The highest BCUT2D eigenvalue weighted by molar-refractivity contribution is 7.99. The molecule has 2 rings (SSSR count). The molecule has 1 aromatic rings. The summed E-state index contributed by atoms with van der Waals surface area (Å²) in [5.41, 5.74) is 1.15. The van der Waals surface area contributed by atoms with E-state index < -0.39 is 0 Å². The van der Waals surface area contributed by atoms with Crippen LogP contribution in [0.2, 0.25) is 0 Å². The second-order valence-corrected chi connectivity index (χ2v) is 5.35. The number of nitrogens with one attached hydrogen (secondary N) is 1. The number of nitrogens with zero attached hydrogens (tertiary/aromatic N) is 2. The molecule has 0 aromatic carbocycles. The van der Waals surface area contributed by atoms with Gasteiger partial charge in [-0.1, -0.05) is 24.6 Å². The van der Waals surface area contributed by atoms with Crippen molar-refractivity contribution in [3.05, 3.63) is 18.0 Å². The van der Waals surface area contributed by atoms with Gasteiger partial charge in [0.05, 0.1) is 0 Å². The van der Waals surface area contributed by atoms with Gasteiger partial charge < -0.3 is 5.32 Å². The van der Waals surface area contributed by atoms with Gasteiger partial charge in [-0.2, -0.15) is 0 Å². The van der Waals surface area contributed by atoms with Gasteiger partial charge in [-0.3, -0.25) is 0 Å². The number of hydrogen-bond acceptors (Lipinski definition) is 4. The summed E-state index contributed by atoms with van der Waals surface area (Å²) in [6.45, 7) is 0.841. The molecule has 16 heavy (non-hydrogen) atoms. The van der Waals surface area contributed by atoms with Crippen molar-refractivity contribution in [2.45, 2.75) is 37.4 Å². The Morgan fingerprint density at radius 1 is 1.31 bits per heavy atom. The van der Waals surface area contributed by atoms with Crippen molar-refractivity contribution in [1.82, 2.24) is 15.3 Å². The molecule has 1 aromatic heterocycles. The van der Waals surface area contributed by atoms with E-state index in [9.17, 15) is 0 Å². The molecule has 0 bridgehead atoms. The smallest absolute Gasteiger partial charge is 0.187 e. The van der Waals surface area contributed by atoms with Crippen molar-refractivity contribution in [2.24, 2.45) is 5.92 Å². The van der Waals surface area contributed by atoms with Crippen LogP contribution < -0.4 is 5.32 Å². The summed E-state index contributed by atoms with van der Waals surface area (Å²) in [6, 6.07) is 0. The first-order chi connectivity index (χ1) is 7.88. The lowest BCUT2D eigenvalue weighted by Gasteiger charge is -2.07. The van der Waals surface area contributed by atoms with Gasteiger partial charge in [0, 0.05) is 30.3 Å². The van der Waals surface area contributed by atoms with E-state index in [1.54, 1.807) is 11.8 Å². The molecule has 3 nitrogen and oxygen atoms in total. The molecule has 1 fully saturated rings. The molecule has 4 heteroatoms. The second-order valence-electron chi connectivity index (χ2n) is 4.37. The molecular weight excluding hydrogens is 218 g/mol. The van der Waals surface area contributed by atoms with Crippen molar-refractivity contribution in [2.75, 3.05) is 12.8 Å². The highest BCUT2D eigenvalue weighted by Gasteiger charge is 2.15. The van der Waals surface area contributed by atoms with Crippen molar-refractivity contribution >= 4 is 11.8 Å². The van der Waals surface area contributed by atoms with Crippen molar-refractivity contribution < 1.29 is 0 Å². The predicted octanol–water partition coefficient (Wildman–Crippen LogP) is 2.48. The molecular formula is C12H19N3S. The van der Waals surface area contributed by atoms with E-state index in [0.29, 0.717) is 0 Å². The molecule has 0 unspecified atom stereocenters. The van der Waals surface area contributed by atoms with Gasteiger partial charge in [-0.25, -0.2) is 9.97 Å². The Morgan fingerprint density at radius 2 is 2.00 bits per heavy atom. The molecule has 0 amide bonds. The van der Waals surface area contributed by atoms with Crippen molar-refractivity contribution in [1.29, 1.82) is 0 Å². The second kappa shape index (κ2) is 6.21. The Kier molecular flexibility index (Phi) is 4.60. The van der Waals surface area contributed by atoms with Crippen LogP contribution in [0.3, 0.4) is 0 Å². The summed E-state index contributed by atoms with van der Waals surface area (Å²) in [7, 11) is 1.93. The van der Waals surface area contributed by atoms with E-state index in [2.05, 4.69) is 15.3 Å². The lowest BCUT2D eigenvalue weighted by Crippen LogP contribution is -2.06. The summed E-state index contributed by atoms with van der Waals surface area (Å²) in [5, 5.41) is 4.02. The fraction of sp³-hybridized carbons (Fsp3) is 0.667. The summed E-state index contributed by atoms with van der Waals surface area (Å²) in [6.07, 6.45) is 9.44. The van der Waals surface area contributed by atoms with Crippen molar-refractivity contribution in [3.63, 3.8) is 0 Å². The van der Waals surface area contributed by atoms with Crippen LogP contribution in [0.5, 0.6) is 0 Å². The molecule has 0 saturated heterocycles. The highest BCUT2D eigenvalue weighted by atomic mass is 32.2. The van der Waals surface area contributed by atoms with E-state index in [4.69, 9.17) is 0 Å². The van der Waals surface area contributed by atoms with Gasteiger partial charge in [-0.15, -0.1) is 0 Å². The third-order valence-electron chi connectivity index (χ3n) is 2.99. The molecule has 88 valence electrons. The Morgan fingerprint density at radius 3 is 2.62 bits per heavy atom. The first-order valence-corrected chi connectivity index (χ1v) is 6.95. The molecule has 1 aliphatic carbocycles. The zero-order valence-electron chi connectivity index (χ0n) is 9.78. The standard InChI is InChI=1S/C12H19N3S/c1-13-6-11-7-14-12(15-8-11)16-9-10-4-2-3-5-10/h7-8,10,13H,2-6,9H2,1H3. The highest BCUT2D eigenvalue weighted by Crippen LogP contribution is 2.29. The van der Waals surface area contributed by atoms with Gasteiger partial charge >= 0.3 is 0 Å². The monoisotopic (exact) mass is 237 g/mol. The molecule has 0 radical (unpaired) electrons. The SMILES string of the molecule is CNCc1cnc(SCC2CCCC2)nc1. The molecule has 1 heterocycles. The summed E-state index contributed by atoms with van der Waals surface area (Å²) < 4.78 is 0. The fourth-order valence-electron chi connectivity index (χ4n) is 2.08. The van der Waals surface area contributed by atoms with E-state index in [-0.39, 0.29) is 0 Å². The third-order valence-corrected chi connectivity index (χ3v) is 4.09. The normalized spacial score (nSPS) is 16.8. The minimum atomic E-state index is 0.841. The summed E-state index contributed by atoms with van der Waals surface area (Å²) >= 11 is 1.80. The zero-order valence-corrected chi connectivity index (χ0v) is 10.6. The third kappa shape index (κ3) is 3.46. The molecule has 0 spiro atoms. The average molecular weight is 237 g/mol. The van der Waals surface area contributed by atoms with Gasteiger partial charge in [0.1, 0.15) is 0 Å². The topological polar surface area (TPSA) is 37.8 Å². The maximum absolute atomic E-state index is 4.37. The zero-order chi connectivity index (χ0) is 11.2. The van der Waals surface area contributed by atoms with Crippen LogP contribution in [0.15, 0.2) is 17.6 Å². The Labute approximate surface area is 101 Å². The molecule has 0 aliphatic heterocycles. The summed E-state index contributed by atoms with van der Waals surface area (Å²) in [4.78, 5) is 8.74. The Balaban J connectivity index is 1.80. The lowest BCUT2D eigenvalue weighted by molar-refractivity contribution is 0.622. The van der Waals surface area contributed by atoms with Gasteiger partial charge in [0.25, 0.3) is 0 Å². The van der Waals surface area contributed by atoms with Crippen LogP contribution in [0.25, 0.3) is 0 Å². The predicted molar refractivity (Wildman–Crippen MR) is 67.5 cm³/mol. The van der Waals surface area contributed by atoms with Gasteiger partial charge in [0.2, 0.25) is 0 Å². The van der Waals surface area contributed by atoms with E-state index in [1.165, 1.54) is 31.4 Å². The molecule has 1 N–H and O–H groups in total. The van der Waals surface area contributed by atoms with Gasteiger partial charge in [0.15, 0.2) is 5.16 Å². The number of thioether (sulfide) groups is 1. The van der Waals surface area contributed by atoms with E-state index in [1.807, 2.05) is 19.4 Å².